The van der Waals surface area contributed by atoms with Gasteiger partial charge in [-0.15, -0.1) is 0 Å². The number of rotatable bonds is 5. The molecule has 0 aliphatic rings. The van der Waals surface area contributed by atoms with E-state index in [1.807, 2.05) is 12.1 Å². The van der Waals surface area contributed by atoms with Crippen molar-refractivity contribution in [2.75, 3.05) is 5.75 Å². The van der Waals surface area contributed by atoms with Gasteiger partial charge in [-0.25, -0.2) is 4.98 Å². The molecule has 0 radical (unpaired) electrons. The van der Waals surface area contributed by atoms with E-state index in [4.69, 9.17) is 11.6 Å². The van der Waals surface area contributed by atoms with Gasteiger partial charge in [-0.3, -0.25) is 4.79 Å². The molecule has 0 bridgehead atoms. The molecule has 7 nitrogen and oxygen atoms in total. The molecule has 0 saturated heterocycles. The SMILES string of the molecule is C[n+]1noc([O-])c1C(=O)CSc1nc(-c2ccc(Cl)cc2)ccc1C#N. The van der Waals surface area contributed by atoms with Crippen molar-refractivity contribution in [1.82, 2.24) is 10.3 Å². The van der Waals surface area contributed by atoms with E-state index in [0.29, 0.717) is 21.3 Å². The van der Waals surface area contributed by atoms with E-state index in [-0.39, 0.29) is 11.4 Å². The molecule has 0 aliphatic carbocycles. The third-order valence-electron chi connectivity index (χ3n) is 3.49. The highest BCUT2D eigenvalue weighted by molar-refractivity contribution is 8.00. The van der Waals surface area contributed by atoms with Crippen LogP contribution in [-0.4, -0.2) is 21.8 Å². The molecule has 0 unspecified atom stereocenters. The number of carbonyl (C=O) groups excluding carboxylic acids is 1. The highest BCUT2D eigenvalue weighted by Gasteiger charge is 2.23. The van der Waals surface area contributed by atoms with Gasteiger partial charge < -0.3 is 9.63 Å². The fraction of sp³-hybridized carbons (Fsp3) is 0.118. The van der Waals surface area contributed by atoms with Crippen LogP contribution < -0.4 is 9.79 Å². The lowest BCUT2D eigenvalue weighted by molar-refractivity contribution is -0.741. The summed E-state index contributed by atoms with van der Waals surface area (Å²) in [7, 11) is 1.45. The third kappa shape index (κ3) is 3.69. The summed E-state index contributed by atoms with van der Waals surface area (Å²) in [6.07, 6.45) is 0. The van der Waals surface area contributed by atoms with Crippen LogP contribution in [0, 0.1) is 11.3 Å². The van der Waals surface area contributed by atoms with Crippen molar-refractivity contribution in [1.29, 1.82) is 5.26 Å². The van der Waals surface area contributed by atoms with Gasteiger partial charge in [0.05, 0.1) is 22.3 Å². The predicted octanol–water partition coefficient (Wildman–Crippen LogP) is 2.13. The van der Waals surface area contributed by atoms with Crippen molar-refractivity contribution < 1.29 is 19.1 Å². The Hall–Kier alpha value is -2.89. The molecule has 0 aliphatic heterocycles. The highest BCUT2D eigenvalue weighted by atomic mass is 35.5. The standard InChI is InChI=1S/C17H11ClN4O3S/c1-22-15(17(24)25-21-22)14(23)9-26-16-11(8-19)4-7-13(20-16)10-2-5-12(18)6-3-10/h2-7H,9H2,1H3. The van der Waals surface area contributed by atoms with Crippen molar-refractivity contribution >= 4 is 29.1 Å². The maximum Gasteiger partial charge on any atom is 0.300 e. The van der Waals surface area contributed by atoms with Crippen LogP contribution in [0.5, 0.6) is 5.95 Å². The van der Waals surface area contributed by atoms with Crippen LogP contribution in [0.1, 0.15) is 16.1 Å². The molecule has 3 aromatic rings. The lowest BCUT2D eigenvalue weighted by Gasteiger charge is -2.06. The fourth-order valence-corrected chi connectivity index (χ4v) is 3.19. The number of thioether (sulfide) groups is 1. The second-order valence-electron chi connectivity index (χ2n) is 5.21. The summed E-state index contributed by atoms with van der Waals surface area (Å²) in [5, 5.41) is 25.2. The number of nitrogens with zero attached hydrogens (tertiary/aromatic N) is 4. The number of carbonyl (C=O) groups is 1. The highest BCUT2D eigenvalue weighted by Crippen LogP contribution is 2.27. The van der Waals surface area contributed by atoms with E-state index in [9.17, 15) is 15.2 Å². The van der Waals surface area contributed by atoms with Crippen LogP contribution in [-0.2, 0) is 7.05 Å². The first-order chi connectivity index (χ1) is 12.5. The molecule has 9 heteroatoms. The number of benzene rings is 1. The second kappa shape index (κ2) is 7.56. The van der Waals surface area contributed by atoms with E-state index in [0.717, 1.165) is 22.0 Å². The summed E-state index contributed by atoms with van der Waals surface area (Å²) in [6.45, 7) is 0. The van der Waals surface area contributed by atoms with Crippen molar-refractivity contribution in [2.45, 2.75) is 5.03 Å². The number of Topliss-reactive ketones (excluding diaryl/α,β-unsaturated/α-hetero) is 1. The van der Waals surface area contributed by atoms with Gasteiger partial charge in [0.15, 0.2) is 13.0 Å². The Morgan fingerprint density at radius 3 is 2.69 bits per heavy atom. The smallest absolute Gasteiger partial charge is 0.300 e. The first-order valence-electron chi connectivity index (χ1n) is 7.35. The molecule has 2 aromatic heterocycles. The Morgan fingerprint density at radius 2 is 2.08 bits per heavy atom. The lowest BCUT2D eigenvalue weighted by atomic mass is 10.1. The first-order valence-corrected chi connectivity index (χ1v) is 8.72. The number of aryl methyl sites for hydroxylation is 1. The van der Waals surface area contributed by atoms with Gasteiger partial charge >= 0.3 is 0 Å². The summed E-state index contributed by atoms with van der Waals surface area (Å²) < 4.78 is 5.54. The molecule has 130 valence electrons. The molecule has 2 heterocycles. The quantitative estimate of drug-likeness (QED) is 0.375. The maximum absolute atomic E-state index is 12.2. The lowest BCUT2D eigenvalue weighted by Crippen LogP contribution is -2.37. The van der Waals surface area contributed by atoms with Crippen LogP contribution >= 0.6 is 23.4 Å². The van der Waals surface area contributed by atoms with Gasteiger partial charge in [0.25, 0.3) is 5.69 Å². The number of hydrogen-bond acceptors (Lipinski definition) is 7. The molecule has 0 atom stereocenters. The Labute approximate surface area is 157 Å². The number of pyridine rings is 1. The van der Waals surface area contributed by atoms with Gasteiger partial charge in [-0.1, -0.05) is 40.2 Å². The van der Waals surface area contributed by atoms with Crippen LogP contribution in [0.3, 0.4) is 0 Å². The van der Waals surface area contributed by atoms with E-state index in [1.165, 1.54) is 7.05 Å². The molecule has 0 amide bonds. The molecule has 0 fully saturated rings. The minimum atomic E-state index is -0.790. The van der Waals surface area contributed by atoms with Crippen molar-refractivity contribution in [3.05, 3.63) is 52.7 Å². The van der Waals surface area contributed by atoms with Crippen molar-refractivity contribution in [3.63, 3.8) is 0 Å². The monoisotopic (exact) mass is 386 g/mol. The summed E-state index contributed by atoms with van der Waals surface area (Å²) in [5.41, 5.74) is 1.68. The van der Waals surface area contributed by atoms with Crippen molar-refractivity contribution in [3.8, 4) is 23.3 Å². The molecule has 3 rings (SSSR count). The Bertz CT molecular complexity index is 992. The zero-order valence-electron chi connectivity index (χ0n) is 13.5. The van der Waals surface area contributed by atoms with Crippen LogP contribution in [0.25, 0.3) is 11.3 Å². The molecule has 0 saturated carbocycles. The van der Waals surface area contributed by atoms with Crippen molar-refractivity contribution in [2.24, 2.45) is 7.05 Å². The first kappa shape index (κ1) is 17.9. The molecule has 26 heavy (non-hydrogen) atoms. The van der Waals surface area contributed by atoms with Gasteiger partial charge in [0, 0.05) is 10.6 Å². The average molecular weight is 387 g/mol. The largest absolute Gasteiger partial charge is 0.539 e. The van der Waals surface area contributed by atoms with E-state index >= 15 is 0 Å². The molecule has 0 spiro atoms. The zero-order valence-corrected chi connectivity index (χ0v) is 15.0. The Kier molecular flexibility index (Phi) is 5.21. The Balaban J connectivity index is 1.85. The third-order valence-corrected chi connectivity index (χ3v) is 4.73. The van der Waals surface area contributed by atoms with E-state index in [2.05, 4.69) is 20.8 Å². The Morgan fingerprint density at radius 1 is 1.35 bits per heavy atom. The fourth-order valence-electron chi connectivity index (χ4n) is 2.23. The maximum atomic E-state index is 12.2. The predicted molar refractivity (Wildman–Crippen MR) is 91.6 cm³/mol. The number of ketones is 1. The summed E-state index contributed by atoms with van der Waals surface area (Å²) in [4.78, 5) is 16.7. The minimum absolute atomic E-state index is 0.0734. The number of hydrogen-bond donors (Lipinski definition) is 0. The minimum Gasteiger partial charge on any atom is -0.539 e. The summed E-state index contributed by atoms with van der Waals surface area (Å²) in [5.74, 6) is -1.32. The van der Waals surface area contributed by atoms with E-state index in [1.54, 1.807) is 24.3 Å². The second-order valence-corrected chi connectivity index (χ2v) is 6.61. The van der Waals surface area contributed by atoms with Gasteiger partial charge in [-0.2, -0.15) is 5.26 Å². The number of nitriles is 1. The molecule has 0 N–H and O–H groups in total. The van der Waals surface area contributed by atoms with Gasteiger partial charge in [0.2, 0.25) is 5.78 Å². The van der Waals surface area contributed by atoms with Gasteiger partial charge in [-0.05, 0) is 24.3 Å². The molecular formula is C17H11ClN4O3S. The summed E-state index contributed by atoms with van der Waals surface area (Å²) >= 11 is 6.97. The zero-order chi connectivity index (χ0) is 18.7. The van der Waals surface area contributed by atoms with E-state index < -0.39 is 11.7 Å². The topological polar surface area (TPSA) is 107 Å². The normalized spacial score (nSPS) is 10.5. The summed E-state index contributed by atoms with van der Waals surface area (Å²) in [6, 6.07) is 12.5. The molecular weight excluding hydrogens is 376 g/mol. The van der Waals surface area contributed by atoms with Crippen LogP contribution in [0.2, 0.25) is 5.02 Å². The average Bonchev–Trinajstić information content (AvgIpc) is 2.98. The number of aromatic nitrogens is 3. The number of halogens is 1. The van der Waals surface area contributed by atoms with Gasteiger partial charge in [0.1, 0.15) is 11.1 Å². The van der Waals surface area contributed by atoms with Crippen LogP contribution in [0.15, 0.2) is 45.9 Å². The van der Waals surface area contributed by atoms with Crippen LogP contribution in [0.4, 0.5) is 0 Å². The molecule has 1 aromatic carbocycles.